The third-order valence-corrected chi connectivity index (χ3v) is 5.57. The van der Waals surface area contributed by atoms with E-state index in [9.17, 15) is 14.4 Å². The van der Waals surface area contributed by atoms with E-state index in [1.165, 1.54) is 28.9 Å². The number of anilines is 1. The van der Waals surface area contributed by atoms with Gasteiger partial charge in [-0.15, -0.1) is 0 Å². The molecule has 1 aromatic rings. The number of nitrogens with one attached hydrogen (secondary N) is 1. The number of thioether (sulfide) groups is 1. The van der Waals surface area contributed by atoms with E-state index in [1.807, 2.05) is 24.3 Å². The van der Waals surface area contributed by atoms with E-state index >= 15 is 0 Å². The molecule has 9 heteroatoms. The first-order chi connectivity index (χ1) is 13.3. The summed E-state index contributed by atoms with van der Waals surface area (Å²) in [5.74, 6) is -0.464. The molecular formula is C19H22N5O3S+. The van der Waals surface area contributed by atoms with E-state index in [-0.39, 0.29) is 11.7 Å². The van der Waals surface area contributed by atoms with Crippen molar-refractivity contribution in [3.63, 3.8) is 0 Å². The van der Waals surface area contributed by atoms with Crippen LogP contribution in [0.3, 0.4) is 0 Å². The number of amides is 4. The van der Waals surface area contributed by atoms with Crippen LogP contribution >= 0.6 is 11.8 Å². The average Bonchev–Trinajstić information content (AvgIpc) is 2.69. The highest BCUT2D eigenvalue weighted by Gasteiger charge is 2.48. The summed E-state index contributed by atoms with van der Waals surface area (Å²) >= 11 is 1.18. The first-order valence-corrected chi connectivity index (χ1v) is 9.88. The average molecular weight is 400 g/mol. The third kappa shape index (κ3) is 3.89. The van der Waals surface area contributed by atoms with Gasteiger partial charge >= 0.3 is 11.9 Å². The number of fused-ring (bicyclic) bond motifs is 1. The Hall–Kier alpha value is -2.81. The highest BCUT2D eigenvalue weighted by Crippen LogP contribution is 2.25. The number of aliphatic imine (C=N–C) groups is 2. The maximum atomic E-state index is 12.6. The Morgan fingerprint density at radius 1 is 1.25 bits per heavy atom. The molecule has 1 unspecified atom stereocenters. The lowest BCUT2D eigenvalue weighted by Crippen LogP contribution is -2.54. The lowest BCUT2D eigenvalue weighted by molar-refractivity contribution is -0.407. The number of benzene rings is 1. The van der Waals surface area contributed by atoms with Crippen LogP contribution in [0.5, 0.6) is 0 Å². The predicted octanol–water partition coefficient (Wildman–Crippen LogP) is 2.00. The second kappa shape index (κ2) is 8.05. The van der Waals surface area contributed by atoms with Gasteiger partial charge in [-0.2, -0.15) is 9.48 Å². The van der Waals surface area contributed by atoms with Gasteiger partial charge in [-0.1, -0.05) is 35.8 Å². The topological polar surface area (TPSA) is 94.2 Å². The van der Waals surface area contributed by atoms with Crippen LogP contribution in [0.25, 0.3) is 0 Å². The number of urea groups is 1. The molecule has 0 saturated carbocycles. The fourth-order valence-electron chi connectivity index (χ4n) is 2.96. The number of aryl methyl sites for hydroxylation is 1. The van der Waals surface area contributed by atoms with Gasteiger partial charge in [0.25, 0.3) is 5.84 Å². The van der Waals surface area contributed by atoms with Crippen LogP contribution in [-0.2, 0) is 16.0 Å². The molecule has 2 heterocycles. The molecule has 1 aromatic carbocycles. The molecule has 2 aliphatic heterocycles. The maximum Gasteiger partial charge on any atom is 0.445 e. The normalized spacial score (nSPS) is 19.3. The Balaban J connectivity index is 1.72. The lowest BCUT2D eigenvalue weighted by atomic mass is 10.1. The highest BCUT2D eigenvalue weighted by molar-refractivity contribution is 8.14. The molecule has 0 saturated heterocycles. The fraction of sp³-hybridized carbons (Fsp3) is 0.368. The molecule has 8 nitrogen and oxygen atoms in total. The molecule has 2 aliphatic rings. The second-order valence-corrected chi connectivity index (χ2v) is 7.52. The summed E-state index contributed by atoms with van der Waals surface area (Å²) in [5, 5.41) is 3.31. The van der Waals surface area contributed by atoms with Gasteiger partial charge in [-0.25, -0.2) is 9.79 Å². The SMILES string of the molecule is CCc1ccc(NC(=O)CSC2=NC(C)=NC3=[N+](C)C(=O)N(C)C(=O)C23)cc1. The predicted molar refractivity (Wildman–Crippen MR) is 110 cm³/mol. The molecule has 0 radical (unpaired) electrons. The summed E-state index contributed by atoms with van der Waals surface area (Å²) in [6.45, 7) is 3.76. The van der Waals surface area contributed by atoms with Crippen molar-refractivity contribution in [2.45, 2.75) is 20.3 Å². The summed E-state index contributed by atoms with van der Waals surface area (Å²) in [6.07, 6.45) is 0.935. The first-order valence-electron chi connectivity index (χ1n) is 8.89. The molecule has 1 N–H and O–H groups in total. The lowest BCUT2D eigenvalue weighted by Gasteiger charge is -2.26. The molecule has 0 aromatic heterocycles. The number of imide groups is 1. The zero-order chi connectivity index (χ0) is 20.4. The number of rotatable bonds is 4. The summed E-state index contributed by atoms with van der Waals surface area (Å²) < 4.78 is 1.35. The van der Waals surface area contributed by atoms with E-state index in [2.05, 4.69) is 22.2 Å². The van der Waals surface area contributed by atoms with Crippen molar-refractivity contribution < 1.29 is 19.0 Å². The Morgan fingerprint density at radius 2 is 1.93 bits per heavy atom. The summed E-state index contributed by atoms with van der Waals surface area (Å²) in [5.41, 5.74) is 1.91. The molecule has 0 aliphatic carbocycles. The van der Waals surface area contributed by atoms with Crippen LogP contribution in [-0.4, -0.2) is 63.9 Å². The maximum absolute atomic E-state index is 12.6. The van der Waals surface area contributed by atoms with E-state index in [0.717, 1.165) is 17.0 Å². The summed E-state index contributed by atoms with van der Waals surface area (Å²) in [6, 6.07) is 7.23. The zero-order valence-corrected chi connectivity index (χ0v) is 17.0. The minimum absolute atomic E-state index is 0.0973. The standard InChI is InChI=1S/C19H21N5O3S/c1-5-12-6-8-13(9-7-12)22-14(25)10-28-17-15-16(20-11(2)21-17)23(3)19(27)24(4)18(15)26/h6-9,15H,5,10H2,1-4H3/p+1. The van der Waals surface area contributed by atoms with Crippen molar-refractivity contribution in [3.8, 4) is 0 Å². The molecule has 0 spiro atoms. The molecule has 4 amide bonds. The second-order valence-electron chi connectivity index (χ2n) is 6.53. The van der Waals surface area contributed by atoms with Gasteiger partial charge in [0.1, 0.15) is 5.04 Å². The van der Waals surface area contributed by atoms with Crippen molar-refractivity contribution in [2.75, 3.05) is 25.2 Å². The van der Waals surface area contributed by atoms with Crippen molar-refractivity contribution in [3.05, 3.63) is 29.8 Å². The molecule has 146 valence electrons. The van der Waals surface area contributed by atoms with E-state index in [1.54, 1.807) is 14.0 Å². The number of hydrogen-bond donors (Lipinski definition) is 1. The number of hydrogen-bond acceptors (Lipinski definition) is 6. The van der Waals surface area contributed by atoms with Crippen LogP contribution in [0, 0.1) is 5.92 Å². The molecule has 3 rings (SSSR count). The monoisotopic (exact) mass is 400 g/mol. The van der Waals surface area contributed by atoms with E-state index < -0.39 is 17.9 Å². The van der Waals surface area contributed by atoms with Gasteiger partial charge in [-0.05, 0) is 24.1 Å². The van der Waals surface area contributed by atoms with Crippen LogP contribution in [0.1, 0.15) is 19.4 Å². The smallest absolute Gasteiger partial charge is 0.325 e. The van der Waals surface area contributed by atoms with E-state index in [0.29, 0.717) is 16.7 Å². The van der Waals surface area contributed by atoms with Crippen LogP contribution < -0.4 is 5.32 Å². The Bertz CT molecular complexity index is 933. The van der Waals surface area contributed by atoms with Crippen LogP contribution in [0.15, 0.2) is 34.3 Å². The zero-order valence-electron chi connectivity index (χ0n) is 16.2. The van der Waals surface area contributed by atoms with Gasteiger partial charge in [0.05, 0.1) is 19.8 Å². The number of nitrogens with zero attached hydrogens (tertiary/aromatic N) is 4. The summed E-state index contributed by atoms with van der Waals surface area (Å²) in [4.78, 5) is 46.8. The third-order valence-electron chi connectivity index (χ3n) is 4.55. The highest BCUT2D eigenvalue weighted by atomic mass is 32.2. The first kappa shape index (κ1) is 19.9. The quantitative estimate of drug-likeness (QED) is 0.782. The summed E-state index contributed by atoms with van der Waals surface area (Å²) in [7, 11) is 3.00. The fourth-order valence-corrected chi connectivity index (χ4v) is 3.88. The number of amidine groups is 2. The Labute approximate surface area is 167 Å². The van der Waals surface area contributed by atoms with Crippen molar-refractivity contribution >= 4 is 52.0 Å². The van der Waals surface area contributed by atoms with Crippen molar-refractivity contribution in [2.24, 2.45) is 15.9 Å². The molecule has 0 fully saturated rings. The Kier molecular flexibility index (Phi) is 5.73. The van der Waals surface area contributed by atoms with E-state index in [4.69, 9.17) is 0 Å². The molecule has 0 bridgehead atoms. The minimum Gasteiger partial charge on any atom is -0.325 e. The largest absolute Gasteiger partial charge is 0.445 e. The van der Waals surface area contributed by atoms with Gasteiger partial charge in [0.2, 0.25) is 11.7 Å². The Morgan fingerprint density at radius 3 is 2.57 bits per heavy atom. The van der Waals surface area contributed by atoms with Gasteiger partial charge < -0.3 is 5.32 Å². The van der Waals surface area contributed by atoms with Gasteiger partial charge in [0, 0.05) is 12.6 Å². The van der Waals surface area contributed by atoms with Crippen molar-refractivity contribution in [1.29, 1.82) is 0 Å². The molecule has 28 heavy (non-hydrogen) atoms. The van der Waals surface area contributed by atoms with Crippen molar-refractivity contribution in [1.82, 2.24) is 4.90 Å². The number of carbonyl (C=O) groups excluding carboxylic acids is 3. The minimum atomic E-state index is -0.766. The molecule has 1 atom stereocenters. The number of carbonyl (C=O) groups is 3. The van der Waals surface area contributed by atoms with Crippen LogP contribution in [0.4, 0.5) is 10.5 Å². The molecular weight excluding hydrogens is 378 g/mol. The van der Waals surface area contributed by atoms with Crippen LogP contribution in [0.2, 0.25) is 0 Å². The van der Waals surface area contributed by atoms with Gasteiger partial charge in [-0.3, -0.25) is 9.59 Å². The van der Waals surface area contributed by atoms with Gasteiger partial charge in [0.15, 0.2) is 5.92 Å².